The molecule has 1 unspecified atom stereocenters. The molecule has 0 radical (unpaired) electrons. The fraction of sp³-hybridized carbons (Fsp3) is 0.500. The second-order valence-corrected chi connectivity index (χ2v) is 6.17. The molecule has 2 aromatic heterocycles. The molecule has 0 bridgehead atoms. The van der Waals surface area contributed by atoms with Gasteiger partial charge in [-0.05, 0) is 25.1 Å². The van der Waals surface area contributed by atoms with Crippen LogP contribution in [0.5, 0.6) is 0 Å². The van der Waals surface area contributed by atoms with Crippen molar-refractivity contribution in [3.8, 4) is 0 Å². The normalized spacial score (nSPS) is 16.2. The summed E-state index contributed by atoms with van der Waals surface area (Å²) in [4.78, 5) is 22.6. The Kier molecular flexibility index (Phi) is 6.56. The van der Waals surface area contributed by atoms with Crippen LogP contribution in [0, 0.1) is 6.92 Å². The van der Waals surface area contributed by atoms with E-state index in [0.29, 0.717) is 38.7 Å². The topological polar surface area (TPSA) is 92.5 Å². The molecule has 1 fully saturated rings. The molecular formula is C18H25N5O3. The highest BCUT2D eigenvalue weighted by Gasteiger charge is 2.25. The van der Waals surface area contributed by atoms with E-state index in [-0.39, 0.29) is 11.9 Å². The van der Waals surface area contributed by atoms with Crippen LogP contribution in [-0.4, -0.2) is 60.2 Å². The number of aryl methyl sites for hydroxylation is 1. The van der Waals surface area contributed by atoms with Crippen molar-refractivity contribution < 1.29 is 13.9 Å². The SMILES string of the molecule is Cc1ccc(C(CNC(=O)CCNc2ncccn2)N2CCOCC2)o1. The summed E-state index contributed by atoms with van der Waals surface area (Å²) in [7, 11) is 0. The maximum Gasteiger partial charge on any atom is 0.222 e. The molecule has 0 aliphatic carbocycles. The molecule has 2 N–H and O–H groups in total. The first kappa shape index (κ1) is 18.3. The lowest BCUT2D eigenvalue weighted by molar-refractivity contribution is -0.121. The molecule has 0 spiro atoms. The number of nitrogens with one attached hydrogen (secondary N) is 2. The molecule has 1 amide bonds. The van der Waals surface area contributed by atoms with Gasteiger partial charge >= 0.3 is 0 Å². The van der Waals surface area contributed by atoms with Crippen LogP contribution in [0.3, 0.4) is 0 Å². The number of nitrogens with zero attached hydrogens (tertiary/aromatic N) is 3. The summed E-state index contributed by atoms with van der Waals surface area (Å²) in [6.45, 7) is 5.97. The van der Waals surface area contributed by atoms with E-state index in [1.807, 2.05) is 19.1 Å². The van der Waals surface area contributed by atoms with Gasteiger partial charge < -0.3 is 19.8 Å². The minimum absolute atomic E-state index is 0.0157. The summed E-state index contributed by atoms with van der Waals surface area (Å²) in [6.07, 6.45) is 3.67. The predicted octanol–water partition coefficient (Wildman–Crippen LogP) is 1.37. The van der Waals surface area contributed by atoms with Crippen LogP contribution in [0.1, 0.15) is 24.0 Å². The van der Waals surface area contributed by atoms with E-state index in [1.165, 1.54) is 0 Å². The highest BCUT2D eigenvalue weighted by Crippen LogP contribution is 2.23. The Hall–Kier alpha value is -2.45. The third-order valence-electron chi connectivity index (χ3n) is 4.27. The second kappa shape index (κ2) is 9.30. The zero-order valence-corrected chi connectivity index (χ0v) is 15.0. The van der Waals surface area contributed by atoms with Crippen molar-refractivity contribution in [2.24, 2.45) is 0 Å². The van der Waals surface area contributed by atoms with Crippen molar-refractivity contribution in [2.75, 3.05) is 44.7 Å². The molecule has 8 nitrogen and oxygen atoms in total. The molecule has 0 aromatic carbocycles. The molecule has 0 saturated carbocycles. The molecule has 3 heterocycles. The average Bonchev–Trinajstić information content (AvgIpc) is 3.10. The van der Waals surface area contributed by atoms with Gasteiger partial charge in [-0.15, -0.1) is 0 Å². The van der Waals surface area contributed by atoms with E-state index < -0.39 is 0 Å². The third kappa shape index (κ3) is 5.27. The fourth-order valence-corrected chi connectivity index (χ4v) is 2.91. The number of carbonyl (C=O) groups excluding carboxylic acids is 1. The van der Waals surface area contributed by atoms with Gasteiger partial charge in [-0.1, -0.05) is 0 Å². The first-order valence-corrected chi connectivity index (χ1v) is 8.88. The largest absolute Gasteiger partial charge is 0.465 e. The van der Waals surface area contributed by atoms with Crippen molar-refractivity contribution >= 4 is 11.9 Å². The van der Waals surface area contributed by atoms with Crippen LogP contribution in [0.15, 0.2) is 35.0 Å². The highest BCUT2D eigenvalue weighted by atomic mass is 16.5. The van der Waals surface area contributed by atoms with Crippen LogP contribution in [0.4, 0.5) is 5.95 Å². The van der Waals surface area contributed by atoms with Crippen LogP contribution in [0.2, 0.25) is 0 Å². The van der Waals surface area contributed by atoms with Crippen molar-refractivity contribution in [1.29, 1.82) is 0 Å². The summed E-state index contributed by atoms with van der Waals surface area (Å²) < 4.78 is 11.2. The van der Waals surface area contributed by atoms with E-state index in [2.05, 4.69) is 25.5 Å². The van der Waals surface area contributed by atoms with Crippen molar-refractivity contribution in [3.05, 3.63) is 42.1 Å². The van der Waals surface area contributed by atoms with Crippen molar-refractivity contribution in [2.45, 2.75) is 19.4 Å². The zero-order valence-electron chi connectivity index (χ0n) is 15.0. The number of ether oxygens (including phenoxy) is 1. The number of rotatable bonds is 8. The number of aromatic nitrogens is 2. The van der Waals surface area contributed by atoms with E-state index >= 15 is 0 Å². The number of furan rings is 1. The number of carbonyl (C=O) groups is 1. The molecule has 1 saturated heterocycles. The number of hydrogen-bond donors (Lipinski definition) is 2. The Bertz CT molecular complexity index is 685. The molecule has 1 aliphatic heterocycles. The smallest absolute Gasteiger partial charge is 0.222 e. The van der Waals surface area contributed by atoms with Crippen LogP contribution in [-0.2, 0) is 9.53 Å². The molecule has 1 aliphatic rings. The van der Waals surface area contributed by atoms with E-state index in [4.69, 9.17) is 9.15 Å². The minimum Gasteiger partial charge on any atom is -0.465 e. The molecule has 8 heteroatoms. The summed E-state index contributed by atoms with van der Waals surface area (Å²) >= 11 is 0. The first-order valence-electron chi connectivity index (χ1n) is 8.88. The maximum atomic E-state index is 12.2. The van der Waals surface area contributed by atoms with E-state index in [1.54, 1.807) is 18.5 Å². The Morgan fingerprint density at radius 3 is 2.73 bits per heavy atom. The molecule has 26 heavy (non-hydrogen) atoms. The lowest BCUT2D eigenvalue weighted by Crippen LogP contribution is -2.43. The van der Waals surface area contributed by atoms with Crippen molar-refractivity contribution in [3.63, 3.8) is 0 Å². The van der Waals surface area contributed by atoms with Gasteiger partial charge in [-0.3, -0.25) is 9.69 Å². The molecular weight excluding hydrogens is 334 g/mol. The average molecular weight is 359 g/mol. The van der Waals surface area contributed by atoms with Gasteiger partial charge in [0.25, 0.3) is 0 Å². The highest BCUT2D eigenvalue weighted by molar-refractivity contribution is 5.76. The predicted molar refractivity (Wildman–Crippen MR) is 96.7 cm³/mol. The standard InChI is InChI=1S/C18H25N5O3/c1-14-3-4-16(26-14)15(23-9-11-25-12-10-23)13-22-17(24)5-8-21-18-19-6-2-7-20-18/h2-4,6-7,15H,5,8-13H2,1H3,(H,22,24)(H,19,20,21). The van der Waals surface area contributed by atoms with Crippen LogP contribution in [0.25, 0.3) is 0 Å². The Morgan fingerprint density at radius 2 is 2.04 bits per heavy atom. The van der Waals surface area contributed by atoms with Crippen LogP contribution < -0.4 is 10.6 Å². The fourth-order valence-electron chi connectivity index (χ4n) is 2.91. The van der Waals surface area contributed by atoms with Gasteiger partial charge in [0, 0.05) is 45.0 Å². The Labute approximate surface area is 153 Å². The third-order valence-corrected chi connectivity index (χ3v) is 4.27. The van der Waals surface area contributed by atoms with Gasteiger partial charge in [-0.25, -0.2) is 9.97 Å². The lowest BCUT2D eigenvalue weighted by atomic mass is 10.1. The number of morpholine rings is 1. The summed E-state index contributed by atoms with van der Waals surface area (Å²) in [5.41, 5.74) is 0. The molecule has 1 atom stereocenters. The zero-order chi connectivity index (χ0) is 18.2. The van der Waals surface area contributed by atoms with Crippen LogP contribution >= 0.6 is 0 Å². The molecule has 140 valence electrons. The summed E-state index contributed by atoms with van der Waals surface area (Å²) in [5, 5.41) is 6.04. The quantitative estimate of drug-likeness (QED) is 0.735. The molecule has 2 aromatic rings. The summed E-state index contributed by atoms with van der Waals surface area (Å²) in [6, 6.07) is 5.70. The summed E-state index contributed by atoms with van der Waals surface area (Å²) in [5.74, 6) is 2.25. The van der Waals surface area contributed by atoms with Gasteiger partial charge in [0.2, 0.25) is 11.9 Å². The Balaban J connectivity index is 1.49. The number of anilines is 1. The van der Waals surface area contributed by atoms with Gasteiger partial charge in [0.05, 0.1) is 19.3 Å². The van der Waals surface area contributed by atoms with Gasteiger partial charge in [0.15, 0.2) is 0 Å². The van der Waals surface area contributed by atoms with E-state index in [9.17, 15) is 4.79 Å². The minimum atomic E-state index is -0.0185. The first-order chi connectivity index (χ1) is 12.7. The number of hydrogen-bond acceptors (Lipinski definition) is 7. The van der Waals surface area contributed by atoms with Crippen molar-refractivity contribution in [1.82, 2.24) is 20.2 Å². The van der Waals surface area contributed by atoms with E-state index in [0.717, 1.165) is 24.6 Å². The Morgan fingerprint density at radius 1 is 1.27 bits per heavy atom. The monoisotopic (exact) mass is 359 g/mol. The molecule has 3 rings (SSSR count). The number of amides is 1. The second-order valence-electron chi connectivity index (χ2n) is 6.17. The lowest BCUT2D eigenvalue weighted by Gasteiger charge is -2.33. The van der Waals surface area contributed by atoms with Gasteiger partial charge in [-0.2, -0.15) is 0 Å². The van der Waals surface area contributed by atoms with Gasteiger partial charge in [0.1, 0.15) is 11.5 Å². The maximum absolute atomic E-state index is 12.2.